The summed E-state index contributed by atoms with van der Waals surface area (Å²) in [5, 5.41) is 0. The molecule has 0 spiro atoms. The number of hydrogen-bond donors (Lipinski definition) is 0. The van der Waals surface area contributed by atoms with Crippen LogP contribution in [0.4, 0.5) is 65.9 Å². The van der Waals surface area contributed by atoms with Crippen LogP contribution in [0.15, 0.2) is 200 Å². The van der Waals surface area contributed by atoms with Gasteiger partial charge in [-0.25, -0.2) is 65.9 Å². The molecule has 0 aromatic heterocycles. The minimum Gasteiger partial charge on any atom is -0.497 e. The van der Waals surface area contributed by atoms with E-state index in [0.717, 1.165) is 61.9 Å². The molecule has 10 atom stereocenters. The lowest BCUT2D eigenvalue weighted by Crippen LogP contribution is -2.48. The molecule has 10 aromatic rings. The summed E-state index contributed by atoms with van der Waals surface area (Å²) in [4.78, 5) is 0. The van der Waals surface area contributed by atoms with Crippen LogP contribution in [0.25, 0.3) is 0 Å². The molecule has 25 heteroatoms. The maximum absolute atomic E-state index is 14.6. The smallest absolute Gasteiger partial charge is 0.251 e. The van der Waals surface area contributed by atoms with Crippen LogP contribution in [0.2, 0.25) is 0 Å². The highest BCUT2D eigenvalue weighted by Gasteiger charge is 2.64. The normalized spacial score (nSPS) is 26.9. The Morgan fingerprint density at radius 3 is 1.05 bits per heavy atom. The molecule has 0 saturated heterocycles. The van der Waals surface area contributed by atoms with Crippen molar-refractivity contribution in [2.24, 2.45) is 0 Å². The monoisotopic (exact) mass is 1700 g/mol. The molecule has 10 aliphatic rings. The molecule has 5 aliphatic heterocycles. The maximum atomic E-state index is 14.6. The van der Waals surface area contributed by atoms with Gasteiger partial charge in [0.05, 0.1) is 62.6 Å². The number of para-hydroxylation sites is 1. The lowest BCUT2D eigenvalue weighted by atomic mass is 9.63. The van der Waals surface area contributed by atoms with Gasteiger partial charge in [-0.15, -0.1) is 0 Å². The number of benzene rings is 10. The number of ether oxygens (including phenoxy) is 10. The van der Waals surface area contributed by atoms with Crippen molar-refractivity contribution in [1.29, 1.82) is 0 Å². The van der Waals surface area contributed by atoms with Gasteiger partial charge in [-0.2, -0.15) is 0 Å². The number of rotatable bonds is 10. The van der Waals surface area contributed by atoms with Crippen molar-refractivity contribution in [2.75, 3.05) is 35.5 Å². The van der Waals surface area contributed by atoms with Gasteiger partial charge in [-0.3, -0.25) is 0 Å². The topological polar surface area (TPSA) is 92.3 Å². The molecule has 0 N–H and O–H groups in total. The van der Waals surface area contributed by atoms with Crippen molar-refractivity contribution < 1.29 is 113 Å². The molecule has 5 saturated carbocycles. The fourth-order valence-corrected chi connectivity index (χ4v) is 20.6. The Bertz CT molecular complexity index is 5500. The zero-order chi connectivity index (χ0) is 86.5. The summed E-state index contributed by atoms with van der Waals surface area (Å²) >= 11 is 0. The highest BCUT2D eigenvalue weighted by atomic mass is 19.3. The SMILES string of the molecule is COc1ccc(C23CCC(F)(F)CC2Oc2c(C)cccc23)cc1.COc1ccc(C23CCC(F)(F)CC2Oc2cc(C)ccc23)cc1.COc1ccc(C23CCC(F)(F)CC2Oc2ccc(F)cc23)cc1.COc1ccc(C23CCC(F)(F)CC2Oc2ccc(F)cc23)cc1F.COc1ccc(C23CCC(F)(F)CC2Oc2cccc(F)c23)cc1F. The van der Waals surface area contributed by atoms with Gasteiger partial charge >= 0.3 is 0 Å². The third kappa shape index (κ3) is 15.0. The quantitative estimate of drug-likeness (QED) is 0.123. The molecule has 10 nitrogen and oxygen atoms in total. The van der Waals surface area contributed by atoms with Crippen molar-refractivity contribution in [2.45, 2.75) is 197 Å². The van der Waals surface area contributed by atoms with Crippen LogP contribution in [-0.2, 0) is 27.1 Å². The first-order valence-electron chi connectivity index (χ1n) is 40.5. The summed E-state index contributed by atoms with van der Waals surface area (Å²) in [7, 11) is 7.50. The molecule has 0 bridgehead atoms. The van der Waals surface area contributed by atoms with Crippen LogP contribution in [0.5, 0.6) is 57.5 Å². The maximum Gasteiger partial charge on any atom is 0.251 e. The fourth-order valence-electron chi connectivity index (χ4n) is 20.6. The number of methoxy groups -OCH3 is 5. The average Bonchev–Trinajstić information content (AvgIpc) is 1.57. The summed E-state index contributed by atoms with van der Waals surface area (Å²) < 4.78 is 266. The van der Waals surface area contributed by atoms with Crippen molar-refractivity contribution in [3.8, 4) is 57.5 Å². The van der Waals surface area contributed by atoms with Crippen LogP contribution < -0.4 is 47.4 Å². The minimum absolute atomic E-state index is 0.0234. The first-order valence-corrected chi connectivity index (χ1v) is 40.5. The van der Waals surface area contributed by atoms with E-state index in [2.05, 4.69) is 0 Å². The van der Waals surface area contributed by atoms with Crippen molar-refractivity contribution in [1.82, 2.24) is 0 Å². The summed E-state index contributed by atoms with van der Waals surface area (Å²) in [6, 6.07) is 56.0. The van der Waals surface area contributed by atoms with Crippen LogP contribution in [-0.4, -0.2) is 95.7 Å². The summed E-state index contributed by atoms with van der Waals surface area (Å²) in [5.74, 6) is -11.5. The predicted molar refractivity (Wildman–Crippen MR) is 426 cm³/mol. The Balaban J connectivity index is 0.000000113. The lowest BCUT2D eigenvalue weighted by molar-refractivity contribution is -0.0838. The van der Waals surface area contributed by atoms with E-state index >= 15 is 0 Å². The summed E-state index contributed by atoms with van der Waals surface area (Å²) in [6.07, 6.45) is -5.72. The van der Waals surface area contributed by atoms with Gasteiger partial charge in [0.25, 0.3) is 29.6 Å². The molecule has 5 heterocycles. The molecule has 10 unspecified atom stereocenters. The Labute approximate surface area is 696 Å². The van der Waals surface area contributed by atoms with Crippen molar-refractivity contribution in [3.05, 3.63) is 296 Å². The van der Waals surface area contributed by atoms with Gasteiger partial charge in [0.2, 0.25) is 0 Å². The molecule has 642 valence electrons. The molecule has 122 heavy (non-hydrogen) atoms. The summed E-state index contributed by atoms with van der Waals surface area (Å²) in [6.45, 7) is 3.95. The zero-order valence-electron chi connectivity index (χ0n) is 67.8. The van der Waals surface area contributed by atoms with E-state index in [-0.39, 0.29) is 92.8 Å². The van der Waals surface area contributed by atoms with Crippen LogP contribution in [0.3, 0.4) is 0 Å². The van der Waals surface area contributed by atoms with Gasteiger partial charge in [0, 0.05) is 92.0 Å². The number of alkyl halides is 10. The van der Waals surface area contributed by atoms with E-state index in [1.165, 1.54) is 87.0 Å². The number of aryl methyl sites for hydroxylation is 2. The molecule has 0 radical (unpaired) electrons. The second kappa shape index (κ2) is 31.8. The highest BCUT2D eigenvalue weighted by Crippen LogP contribution is 2.64. The fraction of sp³-hybridized carbons (Fsp3) is 0.381. The van der Waals surface area contributed by atoms with Crippen LogP contribution >= 0.6 is 0 Å². The van der Waals surface area contributed by atoms with E-state index in [1.54, 1.807) is 51.7 Å². The van der Waals surface area contributed by atoms with Crippen molar-refractivity contribution in [3.63, 3.8) is 0 Å². The highest BCUT2D eigenvalue weighted by molar-refractivity contribution is 5.61. The standard InChI is InChI=1S/2C20H20F2O2.2C19H16F4O2.C19H17F3O2/c1-13-3-8-16-17(11-13)24-18-12-19(21,22)9-10-20(16,18)14-4-6-15(23-2)7-5-14;1-13-4-3-5-16-18(13)24-17-12-19(21,22)10-11-20(16,17)14-6-8-15(23-2)9-7-14;1-24-16-4-2-11(8-14(16)21)19-7-6-18(22,23)10-17(19)25-15-5-3-12(20)9-13(15)19;1-24-14-6-5-11(9-13(14)21)19-8-7-18(22,23)10-16(19)25-15-4-2-3-12(20)17(15)19;1-23-14-5-2-12(3-6-14)19-9-8-18(21,22)11-17(19)24-16-7-4-13(20)10-15(16)19/h3-8,11,18H,9-10,12H2,1-2H3;3-9,17H,10-12H2,1-2H3;2-5,8-9,17H,6-7,10H2,1H3;2-6,9,16H,7-8,10H2,1H3;2-7,10,17H,8-9,11H2,1H3. The zero-order valence-corrected chi connectivity index (χ0v) is 67.8. The Hall–Kier alpha value is -10.9. The third-order valence-electron chi connectivity index (χ3n) is 26.7. The van der Waals surface area contributed by atoms with E-state index in [4.69, 9.17) is 47.4 Å². The first-order chi connectivity index (χ1) is 58.1. The van der Waals surface area contributed by atoms with Crippen LogP contribution in [0, 0.1) is 42.9 Å². The largest absolute Gasteiger partial charge is 0.497 e. The van der Waals surface area contributed by atoms with E-state index < -0.39 is 130 Å². The Morgan fingerprint density at radius 2 is 0.631 bits per heavy atom. The molecule has 20 rings (SSSR count). The van der Waals surface area contributed by atoms with Crippen molar-refractivity contribution >= 4 is 0 Å². The van der Waals surface area contributed by atoms with Gasteiger partial charge in [0.1, 0.15) is 94.0 Å². The minimum atomic E-state index is -2.89. The summed E-state index contributed by atoms with van der Waals surface area (Å²) in [5.41, 5.74) is 5.47. The Kier molecular flexibility index (Phi) is 22.1. The average molecular weight is 1700 g/mol. The first kappa shape index (κ1) is 84.7. The van der Waals surface area contributed by atoms with Crippen LogP contribution in [0.1, 0.15) is 163 Å². The van der Waals surface area contributed by atoms with E-state index in [0.29, 0.717) is 52.3 Å². The number of hydrogen-bond acceptors (Lipinski definition) is 10. The second-order valence-corrected chi connectivity index (χ2v) is 33.4. The second-order valence-electron chi connectivity index (χ2n) is 33.4. The number of halogens is 15. The van der Waals surface area contributed by atoms with E-state index in [1.807, 2.05) is 111 Å². The van der Waals surface area contributed by atoms with E-state index in [9.17, 15) is 65.9 Å². The Morgan fingerprint density at radius 1 is 0.279 bits per heavy atom. The molecule has 5 fully saturated rings. The van der Waals surface area contributed by atoms with Gasteiger partial charge < -0.3 is 47.4 Å². The molecule has 5 aliphatic carbocycles. The van der Waals surface area contributed by atoms with Gasteiger partial charge in [-0.05, 0) is 200 Å². The molecule has 0 amide bonds. The predicted octanol–water partition coefficient (Wildman–Crippen LogP) is 24.1. The third-order valence-corrected chi connectivity index (χ3v) is 26.7. The molecule has 10 aromatic carbocycles. The molecular formula is C97H89F15O10. The van der Waals surface area contributed by atoms with Gasteiger partial charge in [-0.1, -0.05) is 84.9 Å². The number of fused-ring (bicyclic) bond motifs is 15. The lowest BCUT2D eigenvalue weighted by Gasteiger charge is -2.41. The van der Waals surface area contributed by atoms with Gasteiger partial charge in [0.15, 0.2) is 23.1 Å². The molecular weight excluding hydrogens is 1610 g/mol.